The molecule has 0 spiro atoms. The smallest absolute Gasteiger partial charge is 0.277 e. The zero-order valence-corrected chi connectivity index (χ0v) is 15.4. The zero-order valence-electron chi connectivity index (χ0n) is 15.4. The maximum absolute atomic E-state index is 11.8. The summed E-state index contributed by atoms with van der Waals surface area (Å²) in [5.41, 5.74) is 3.02. The highest BCUT2D eigenvalue weighted by molar-refractivity contribution is 5.81. The number of amides is 1. The number of carbonyl (C=O) groups is 1. The molecular weight excluding hydrogens is 378 g/mol. The first-order chi connectivity index (χ1) is 14.1. The van der Waals surface area contributed by atoms with Gasteiger partial charge in [0.15, 0.2) is 18.1 Å². The van der Waals surface area contributed by atoms with Crippen LogP contribution >= 0.6 is 0 Å². The quantitative estimate of drug-likeness (QED) is 0.355. The third-order valence-electron chi connectivity index (χ3n) is 3.80. The number of furan rings is 1. The van der Waals surface area contributed by atoms with Gasteiger partial charge in [0.05, 0.1) is 18.2 Å². The van der Waals surface area contributed by atoms with Gasteiger partial charge in [0.1, 0.15) is 11.5 Å². The van der Waals surface area contributed by atoms with E-state index in [0.29, 0.717) is 28.6 Å². The lowest BCUT2D eigenvalue weighted by molar-refractivity contribution is -0.384. The molecule has 0 atom stereocenters. The number of non-ortho nitro benzene ring substituents is 1. The maximum atomic E-state index is 11.8. The first kappa shape index (κ1) is 19.6. The van der Waals surface area contributed by atoms with E-state index in [1.807, 2.05) is 0 Å². The lowest BCUT2D eigenvalue weighted by atomic mass is 10.1. The Kier molecular flexibility index (Phi) is 6.21. The number of benzene rings is 2. The molecule has 0 unspecified atom stereocenters. The highest BCUT2D eigenvalue weighted by Gasteiger charge is 2.08. The van der Waals surface area contributed by atoms with Crippen LogP contribution in [0.4, 0.5) is 5.69 Å². The number of para-hydroxylation sites is 2. The molecule has 0 fully saturated rings. The second-order valence-electron chi connectivity index (χ2n) is 5.74. The number of nitrogens with one attached hydrogen (secondary N) is 1. The number of ether oxygens (including phenoxy) is 2. The van der Waals surface area contributed by atoms with E-state index >= 15 is 0 Å². The van der Waals surface area contributed by atoms with Gasteiger partial charge in [0.25, 0.3) is 11.6 Å². The number of hydrazone groups is 1. The molecule has 1 aromatic heterocycles. The van der Waals surface area contributed by atoms with Crippen LogP contribution in [0.15, 0.2) is 70.2 Å². The van der Waals surface area contributed by atoms with E-state index < -0.39 is 10.8 Å². The van der Waals surface area contributed by atoms with Crippen molar-refractivity contribution in [3.8, 4) is 22.8 Å². The van der Waals surface area contributed by atoms with Gasteiger partial charge in [-0.3, -0.25) is 14.9 Å². The molecule has 9 heteroatoms. The molecule has 0 aliphatic rings. The van der Waals surface area contributed by atoms with Crippen molar-refractivity contribution in [2.75, 3.05) is 13.7 Å². The average Bonchev–Trinajstić information content (AvgIpc) is 3.21. The number of nitro benzene ring substituents is 1. The van der Waals surface area contributed by atoms with Crippen molar-refractivity contribution in [2.45, 2.75) is 0 Å². The monoisotopic (exact) mass is 395 g/mol. The van der Waals surface area contributed by atoms with Gasteiger partial charge < -0.3 is 13.9 Å². The molecule has 3 rings (SSSR count). The third kappa shape index (κ3) is 5.19. The molecular formula is C20H17N3O6. The SMILES string of the molecule is COc1ccccc1OCC(=O)N/N=C/c1ccc(-c2ccc([N+](=O)[O-])cc2)o1. The highest BCUT2D eigenvalue weighted by Crippen LogP contribution is 2.25. The fourth-order valence-corrected chi connectivity index (χ4v) is 2.41. The minimum absolute atomic E-state index is 0.000135. The molecule has 0 bridgehead atoms. The van der Waals surface area contributed by atoms with Crippen LogP contribution in [0.2, 0.25) is 0 Å². The van der Waals surface area contributed by atoms with Gasteiger partial charge in [-0.05, 0) is 36.4 Å². The van der Waals surface area contributed by atoms with Gasteiger partial charge in [-0.15, -0.1) is 0 Å². The molecule has 1 heterocycles. The largest absolute Gasteiger partial charge is 0.493 e. The average molecular weight is 395 g/mol. The maximum Gasteiger partial charge on any atom is 0.277 e. The van der Waals surface area contributed by atoms with Crippen LogP contribution in [0.1, 0.15) is 5.76 Å². The van der Waals surface area contributed by atoms with Gasteiger partial charge in [-0.25, -0.2) is 5.43 Å². The second kappa shape index (κ2) is 9.18. The molecule has 3 aromatic rings. The number of rotatable bonds is 8. The number of carbonyl (C=O) groups excluding carboxylic acids is 1. The number of nitro groups is 1. The van der Waals surface area contributed by atoms with Crippen molar-refractivity contribution < 1.29 is 23.6 Å². The van der Waals surface area contributed by atoms with E-state index in [-0.39, 0.29) is 12.3 Å². The standard InChI is InChI=1S/C20H17N3O6/c1-27-18-4-2-3-5-19(18)28-13-20(24)22-21-12-16-10-11-17(29-16)14-6-8-15(9-7-14)23(25)26/h2-12H,13H2,1H3,(H,22,24)/b21-12+. The predicted octanol–water partition coefficient (Wildman–Crippen LogP) is 3.39. The molecule has 0 aliphatic heterocycles. The summed E-state index contributed by atoms with van der Waals surface area (Å²) in [6.45, 7) is -0.232. The summed E-state index contributed by atoms with van der Waals surface area (Å²) in [6, 6.07) is 16.3. The lowest BCUT2D eigenvalue weighted by Gasteiger charge is -2.08. The molecule has 0 saturated heterocycles. The number of hydrogen-bond donors (Lipinski definition) is 1. The van der Waals surface area contributed by atoms with Crippen LogP contribution in [0.25, 0.3) is 11.3 Å². The first-order valence-corrected chi connectivity index (χ1v) is 8.49. The Morgan fingerprint density at radius 3 is 2.55 bits per heavy atom. The molecule has 148 valence electrons. The van der Waals surface area contributed by atoms with Gasteiger partial charge in [-0.2, -0.15) is 5.10 Å². The van der Waals surface area contributed by atoms with Gasteiger partial charge in [0.2, 0.25) is 0 Å². The topological polar surface area (TPSA) is 116 Å². The summed E-state index contributed by atoms with van der Waals surface area (Å²) in [4.78, 5) is 22.1. The van der Waals surface area contributed by atoms with Gasteiger partial charge in [-0.1, -0.05) is 12.1 Å². The predicted molar refractivity (Wildman–Crippen MR) is 105 cm³/mol. The first-order valence-electron chi connectivity index (χ1n) is 8.49. The number of hydrogen-bond acceptors (Lipinski definition) is 7. The summed E-state index contributed by atoms with van der Waals surface area (Å²) in [5, 5.41) is 14.5. The van der Waals surface area contributed by atoms with Crippen molar-refractivity contribution in [3.63, 3.8) is 0 Å². The highest BCUT2D eigenvalue weighted by atomic mass is 16.6. The minimum atomic E-state index is -0.468. The van der Waals surface area contributed by atoms with Crippen LogP contribution in [-0.2, 0) is 4.79 Å². The van der Waals surface area contributed by atoms with Crippen LogP contribution in [0, 0.1) is 10.1 Å². The summed E-state index contributed by atoms with van der Waals surface area (Å²) in [5.74, 6) is 1.46. The zero-order chi connectivity index (χ0) is 20.6. The van der Waals surface area contributed by atoms with Crippen molar-refractivity contribution in [1.82, 2.24) is 5.43 Å². The fraction of sp³-hybridized carbons (Fsp3) is 0.100. The fourth-order valence-electron chi connectivity index (χ4n) is 2.41. The Labute approximate surface area is 165 Å². The summed E-state index contributed by atoms with van der Waals surface area (Å²) in [7, 11) is 1.51. The molecule has 1 N–H and O–H groups in total. The molecule has 0 saturated carbocycles. The second-order valence-corrected chi connectivity index (χ2v) is 5.74. The third-order valence-corrected chi connectivity index (χ3v) is 3.80. The van der Waals surface area contributed by atoms with Crippen LogP contribution in [0.3, 0.4) is 0 Å². The Balaban J connectivity index is 1.53. The molecule has 29 heavy (non-hydrogen) atoms. The molecule has 9 nitrogen and oxygen atoms in total. The van der Waals surface area contributed by atoms with E-state index in [2.05, 4.69) is 10.5 Å². The molecule has 0 radical (unpaired) electrons. The van der Waals surface area contributed by atoms with Crippen molar-refractivity contribution in [1.29, 1.82) is 0 Å². The van der Waals surface area contributed by atoms with Gasteiger partial charge in [0, 0.05) is 17.7 Å². The van der Waals surface area contributed by atoms with Crippen LogP contribution < -0.4 is 14.9 Å². The summed E-state index contributed by atoms with van der Waals surface area (Å²) >= 11 is 0. The molecule has 1 amide bonds. The van der Waals surface area contributed by atoms with E-state index in [1.165, 1.54) is 25.5 Å². The van der Waals surface area contributed by atoms with E-state index in [0.717, 1.165) is 0 Å². The lowest BCUT2D eigenvalue weighted by Crippen LogP contribution is -2.24. The number of methoxy groups -OCH3 is 1. The van der Waals surface area contributed by atoms with E-state index in [1.54, 1.807) is 48.5 Å². The number of nitrogens with zero attached hydrogens (tertiary/aromatic N) is 2. The van der Waals surface area contributed by atoms with Crippen molar-refractivity contribution >= 4 is 17.8 Å². The Hall–Kier alpha value is -4.14. The van der Waals surface area contributed by atoms with Crippen LogP contribution in [-0.4, -0.2) is 30.8 Å². The summed E-state index contributed by atoms with van der Waals surface area (Å²) in [6.07, 6.45) is 1.34. The molecule has 2 aromatic carbocycles. The Bertz CT molecular complexity index is 1030. The molecule has 0 aliphatic carbocycles. The van der Waals surface area contributed by atoms with E-state index in [4.69, 9.17) is 13.9 Å². The van der Waals surface area contributed by atoms with Crippen molar-refractivity contribution in [2.24, 2.45) is 5.10 Å². The Morgan fingerprint density at radius 2 is 1.86 bits per heavy atom. The van der Waals surface area contributed by atoms with Crippen LogP contribution in [0.5, 0.6) is 11.5 Å². The normalized spacial score (nSPS) is 10.7. The summed E-state index contributed by atoms with van der Waals surface area (Å²) < 4.78 is 16.1. The van der Waals surface area contributed by atoms with E-state index in [9.17, 15) is 14.9 Å². The van der Waals surface area contributed by atoms with Gasteiger partial charge >= 0.3 is 0 Å². The van der Waals surface area contributed by atoms with Crippen molar-refractivity contribution in [3.05, 3.63) is 76.5 Å². The Morgan fingerprint density at radius 1 is 1.14 bits per heavy atom. The minimum Gasteiger partial charge on any atom is -0.493 e.